The number of aryl methyl sites for hydroxylation is 2. The van der Waals surface area contributed by atoms with Gasteiger partial charge >= 0.3 is 0 Å². The molecule has 0 bridgehead atoms. The number of halogens is 1. The van der Waals surface area contributed by atoms with Crippen LogP contribution < -0.4 is 0 Å². The maximum Gasteiger partial charge on any atom is 0.257 e. The first-order valence-electron chi connectivity index (χ1n) is 10.7. The van der Waals surface area contributed by atoms with Gasteiger partial charge in [0.1, 0.15) is 5.65 Å². The number of benzene rings is 1. The van der Waals surface area contributed by atoms with E-state index < -0.39 is 0 Å². The minimum Gasteiger partial charge on any atom is -0.336 e. The summed E-state index contributed by atoms with van der Waals surface area (Å²) < 4.78 is 3.86. The molecule has 3 aromatic heterocycles. The van der Waals surface area contributed by atoms with Crippen molar-refractivity contribution in [1.82, 2.24) is 29.0 Å². The average Bonchev–Trinajstić information content (AvgIpc) is 3.39. The van der Waals surface area contributed by atoms with Crippen LogP contribution in [0.25, 0.3) is 11.3 Å². The minimum atomic E-state index is 0.0133. The third kappa shape index (κ3) is 4.01. The molecule has 0 saturated carbocycles. The summed E-state index contributed by atoms with van der Waals surface area (Å²) in [6.45, 7) is 8.00. The molecule has 1 aromatic carbocycles. The van der Waals surface area contributed by atoms with Crippen molar-refractivity contribution < 1.29 is 4.79 Å². The number of amides is 1. The first-order valence-corrected chi connectivity index (χ1v) is 11.1. The number of nitrogens with zero attached hydrogens (tertiary/aromatic N) is 6. The lowest BCUT2D eigenvalue weighted by atomic mass is 10.2. The number of piperazine rings is 1. The number of fused-ring (bicyclic) bond motifs is 1. The molecule has 32 heavy (non-hydrogen) atoms. The van der Waals surface area contributed by atoms with Crippen molar-refractivity contribution in [2.75, 3.05) is 26.2 Å². The van der Waals surface area contributed by atoms with Crippen LogP contribution in [0.2, 0.25) is 5.02 Å². The van der Waals surface area contributed by atoms with Gasteiger partial charge in [0, 0.05) is 50.1 Å². The molecule has 0 N–H and O–H groups in total. The van der Waals surface area contributed by atoms with Crippen molar-refractivity contribution in [3.63, 3.8) is 0 Å². The van der Waals surface area contributed by atoms with E-state index in [9.17, 15) is 4.79 Å². The second kappa shape index (κ2) is 8.41. The van der Waals surface area contributed by atoms with E-state index in [2.05, 4.69) is 46.6 Å². The van der Waals surface area contributed by atoms with Gasteiger partial charge in [-0.2, -0.15) is 5.10 Å². The largest absolute Gasteiger partial charge is 0.336 e. The predicted molar refractivity (Wildman–Crippen MR) is 124 cm³/mol. The SMILES string of the molecule is Cc1ccn2c(CN3CCN(C(=O)c4cnn(-c5cccc(Cl)c5)c4)CC3)c(C)nc2c1. The van der Waals surface area contributed by atoms with E-state index >= 15 is 0 Å². The monoisotopic (exact) mass is 448 g/mol. The van der Waals surface area contributed by atoms with Gasteiger partial charge in [0.2, 0.25) is 0 Å². The van der Waals surface area contributed by atoms with E-state index in [0.717, 1.165) is 36.7 Å². The van der Waals surface area contributed by atoms with Gasteiger partial charge in [-0.25, -0.2) is 9.67 Å². The third-order valence-electron chi connectivity index (χ3n) is 6.02. The van der Waals surface area contributed by atoms with E-state index in [0.29, 0.717) is 23.7 Å². The molecule has 1 aliphatic rings. The Morgan fingerprint density at radius 1 is 1.09 bits per heavy atom. The molecule has 8 heteroatoms. The van der Waals surface area contributed by atoms with Crippen LogP contribution in [0.3, 0.4) is 0 Å². The van der Waals surface area contributed by atoms with E-state index in [1.54, 1.807) is 17.1 Å². The van der Waals surface area contributed by atoms with Crippen LogP contribution in [0.15, 0.2) is 55.0 Å². The fourth-order valence-corrected chi connectivity index (χ4v) is 4.39. The Morgan fingerprint density at radius 2 is 1.91 bits per heavy atom. The first kappa shape index (κ1) is 20.7. The van der Waals surface area contributed by atoms with Gasteiger partial charge in [0.05, 0.1) is 28.8 Å². The van der Waals surface area contributed by atoms with Gasteiger partial charge < -0.3 is 9.30 Å². The zero-order chi connectivity index (χ0) is 22.2. The molecule has 1 amide bonds. The molecular formula is C24H25ClN6O. The average molecular weight is 449 g/mol. The maximum absolute atomic E-state index is 13.0. The molecule has 1 aliphatic heterocycles. The number of rotatable bonds is 4. The van der Waals surface area contributed by atoms with Crippen molar-refractivity contribution in [3.05, 3.63) is 82.5 Å². The van der Waals surface area contributed by atoms with E-state index in [4.69, 9.17) is 16.6 Å². The molecule has 0 radical (unpaired) electrons. The molecule has 4 heterocycles. The summed E-state index contributed by atoms with van der Waals surface area (Å²) in [6, 6.07) is 11.6. The van der Waals surface area contributed by atoms with Crippen LogP contribution in [-0.4, -0.2) is 61.1 Å². The number of pyridine rings is 1. The number of aromatic nitrogens is 4. The maximum atomic E-state index is 13.0. The standard InChI is InChI=1S/C24H25ClN6O/c1-17-6-7-30-22(18(2)27-23(30)12-17)16-28-8-10-29(11-9-28)24(32)19-14-26-31(15-19)21-5-3-4-20(25)13-21/h3-7,12-15H,8-11,16H2,1-2H3. The Balaban J connectivity index is 1.24. The van der Waals surface area contributed by atoms with Crippen LogP contribution in [-0.2, 0) is 6.54 Å². The molecule has 0 aliphatic carbocycles. The Bertz CT molecular complexity index is 1280. The zero-order valence-electron chi connectivity index (χ0n) is 18.2. The van der Waals surface area contributed by atoms with Gasteiger partial charge in [-0.15, -0.1) is 0 Å². The molecular weight excluding hydrogens is 424 g/mol. The van der Waals surface area contributed by atoms with Gasteiger partial charge in [-0.1, -0.05) is 17.7 Å². The Hall–Kier alpha value is -3.16. The molecule has 0 atom stereocenters. The highest BCUT2D eigenvalue weighted by molar-refractivity contribution is 6.30. The molecule has 1 saturated heterocycles. The topological polar surface area (TPSA) is 58.7 Å². The highest BCUT2D eigenvalue weighted by atomic mass is 35.5. The number of carbonyl (C=O) groups excluding carboxylic acids is 1. The van der Waals surface area contributed by atoms with Crippen molar-refractivity contribution >= 4 is 23.2 Å². The molecule has 5 rings (SSSR count). The lowest BCUT2D eigenvalue weighted by Crippen LogP contribution is -2.48. The Morgan fingerprint density at radius 3 is 2.69 bits per heavy atom. The smallest absolute Gasteiger partial charge is 0.257 e. The van der Waals surface area contributed by atoms with E-state index in [1.165, 1.54) is 11.3 Å². The summed E-state index contributed by atoms with van der Waals surface area (Å²) in [7, 11) is 0. The fraction of sp³-hybridized carbons (Fsp3) is 0.292. The van der Waals surface area contributed by atoms with Crippen molar-refractivity contribution in [2.45, 2.75) is 20.4 Å². The predicted octanol–water partition coefficient (Wildman–Crippen LogP) is 3.75. The van der Waals surface area contributed by atoms with Crippen LogP contribution in [0, 0.1) is 13.8 Å². The van der Waals surface area contributed by atoms with Gasteiger partial charge in [-0.3, -0.25) is 9.69 Å². The summed E-state index contributed by atoms with van der Waals surface area (Å²) in [5.74, 6) is 0.0133. The van der Waals surface area contributed by atoms with Crippen molar-refractivity contribution in [1.29, 1.82) is 0 Å². The molecule has 7 nitrogen and oxygen atoms in total. The number of carbonyl (C=O) groups is 1. The summed E-state index contributed by atoms with van der Waals surface area (Å²) >= 11 is 6.07. The van der Waals surface area contributed by atoms with Gasteiger partial charge in [0.25, 0.3) is 5.91 Å². The van der Waals surface area contributed by atoms with E-state index in [-0.39, 0.29) is 5.91 Å². The zero-order valence-corrected chi connectivity index (χ0v) is 19.0. The summed E-state index contributed by atoms with van der Waals surface area (Å²) in [5.41, 5.74) is 5.89. The minimum absolute atomic E-state index is 0.0133. The highest BCUT2D eigenvalue weighted by Gasteiger charge is 2.24. The molecule has 1 fully saturated rings. The number of hydrogen-bond acceptors (Lipinski definition) is 4. The number of hydrogen-bond donors (Lipinski definition) is 0. The molecule has 4 aromatic rings. The lowest BCUT2D eigenvalue weighted by molar-refractivity contribution is 0.0626. The van der Waals surface area contributed by atoms with Crippen LogP contribution >= 0.6 is 11.6 Å². The molecule has 0 spiro atoms. The van der Waals surface area contributed by atoms with Gasteiger partial charge in [-0.05, 0) is 49.7 Å². The summed E-state index contributed by atoms with van der Waals surface area (Å²) in [4.78, 5) is 22.0. The van der Waals surface area contributed by atoms with E-state index in [1.807, 2.05) is 29.2 Å². The van der Waals surface area contributed by atoms with Crippen molar-refractivity contribution in [2.24, 2.45) is 0 Å². The quantitative estimate of drug-likeness (QED) is 0.477. The number of imidazole rings is 1. The lowest BCUT2D eigenvalue weighted by Gasteiger charge is -2.34. The fourth-order valence-electron chi connectivity index (χ4n) is 4.20. The van der Waals surface area contributed by atoms with Crippen LogP contribution in [0.5, 0.6) is 0 Å². The van der Waals surface area contributed by atoms with Crippen molar-refractivity contribution in [3.8, 4) is 5.69 Å². The highest BCUT2D eigenvalue weighted by Crippen LogP contribution is 2.18. The Labute approximate surface area is 191 Å². The third-order valence-corrected chi connectivity index (χ3v) is 6.25. The molecule has 164 valence electrons. The summed E-state index contributed by atoms with van der Waals surface area (Å²) in [5, 5.41) is 4.98. The van der Waals surface area contributed by atoms with Crippen LogP contribution in [0.1, 0.15) is 27.3 Å². The Kier molecular flexibility index (Phi) is 5.45. The normalized spacial score (nSPS) is 14.9. The first-order chi connectivity index (χ1) is 15.5. The second-order valence-electron chi connectivity index (χ2n) is 8.30. The summed E-state index contributed by atoms with van der Waals surface area (Å²) in [6.07, 6.45) is 5.49. The van der Waals surface area contributed by atoms with Crippen LogP contribution in [0.4, 0.5) is 0 Å². The molecule has 0 unspecified atom stereocenters. The van der Waals surface area contributed by atoms with Gasteiger partial charge in [0.15, 0.2) is 0 Å². The second-order valence-corrected chi connectivity index (χ2v) is 8.73.